The minimum Gasteiger partial charge on any atom is -0.329 e. The molecule has 0 aromatic heterocycles. The highest BCUT2D eigenvalue weighted by molar-refractivity contribution is 7.92. The van der Waals surface area contributed by atoms with E-state index in [1.54, 1.807) is 12.1 Å². The van der Waals surface area contributed by atoms with E-state index in [1.165, 1.54) is 12.1 Å². The zero-order valence-corrected chi connectivity index (χ0v) is 13.4. The van der Waals surface area contributed by atoms with Crippen LogP contribution in [0.4, 0.5) is 0 Å². The first kappa shape index (κ1) is 15.5. The maximum atomic E-state index is 12.9. The monoisotopic (exact) mass is 336 g/mol. The Balaban J connectivity index is 2.01. The minimum atomic E-state index is -3.56. The van der Waals surface area contributed by atoms with Gasteiger partial charge in [0.15, 0.2) is 9.84 Å². The predicted octanol–water partition coefficient (Wildman–Crippen LogP) is 1.94. The molecule has 1 fully saturated rings. The summed E-state index contributed by atoms with van der Waals surface area (Å²) >= 11 is 5.83. The topological polar surface area (TPSA) is 86.2 Å². The van der Waals surface area contributed by atoms with Gasteiger partial charge >= 0.3 is 0 Å². The van der Waals surface area contributed by atoms with Gasteiger partial charge in [0.05, 0.1) is 15.7 Å². The van der Waals surface area contributed by atoms with Gasteiger partial charge in [-0.3, -0.25) is 0 Å². The summed E-state index contributed by atoms with van der Waals surface area (Å²) in [6, 6.07) is 15.6. The Morgan fingerprint density at radius 2 is 1.64 bits per heavy atom. The maximum absolute atomic E-state index is 12.9. The lowest BCUT2D eigenvalue weighted by atomic mass is 10.1. The SMILES string of the molecule is NC[C@]1(N)[C@H](c2ccccc2)[C@H]1S(=O)(=O)c1ccc(Cl)cc1. The summed E-state index contributed by atoms with van der Waals surface area (Å²) in [5, 5.41) is -0.222. The van der Waals surface area contributed by atoms with E-state index in [4.69, 9.17) is 23.1 Å². The second kappa shape index (κ2) is 5.35. The molecule has 1 aliphatic carbocycles. The van der Waals surface area contributed by atoms with Crippen molar-refractivity contribution in [3.05, 3.63) is 65.2 Å². The van der Waals surface area contributed by atoms with E-state index < -0.39 is 20.6 Å². The van der Waals surface area contributed by atoms with Crippen molar-refractivity contribution in [1.29, 1.82) is 0 Å². The van der Waals surface area contributed by atoms with Crippen molar-refractivity contribution in [2.45, 2.75) is 21.6 Å². The van der Waals surface area contributed by atoms with Gasteiger partial charge < -0.3 is 11.5 Å². The van der Waals surface area contributed by atoms with E-state index in [0.29, 0.717) is 5.02 Å². The molecule has 0 spiro atoms. The van der Waals surface area contributed by atoms with Gasteiger partial charge in [-0.15, -0.1) is 0 Å². The zero-order valence-electron chi connectivity index (χ0n) is 11.8. The van der Waals surface area contributed by atoms with Gasteiger partial charge in [-0.1, -0.05) is 41.9 Å². The van der Waals surface area contributed by atoms with Crippen molar-refractivity contribution >= 4 is 21.4 Å². The predicted molar refractivity (Wildman–Crippen MR) is 87.6 cm³/mol. The zero-order chi connectivity index (χ0) is 16.0. The number of halogens is 1. The molecule has 22 heavy (non-hydrogen) atoms. The molecule has 0 unspecified atom stereocenters. The summed E-state index contributed by atoms with van der Waals surface area (Å²) in [6.45, 7) is 0.115. The molecule has 0 bridgehead atoms. The molecule has 0 saturated heterocycles. The third kappa shape index (κ3) is 2.34. The molecular formula is C16H17ClN2O2S. The Morgan fingerprint density at radius 1 is 1.05 bits per heavy atom. The third-order valence-corrected chi connectivity index (χ3v) is 6.85. The van der Waals surface area contributed by atoms with Crippen molar-refractivity contribution in [3.63, 3.8) is 0 Å². The van der Waals surface area contributed by atoms with Crippen LogP contribution in [0.25, 0.3) is 0 Å². The largest absolute Gasteiger partial charge is 0.329 e. The Hall–Kier alpha value is -1.40. The van der Waals surface area contributed by atoms with E-state index in [9.17, 15) is 8.42 Å². The van der Waals surface area contributed by atoms with E-state index in [0.717, 1.165) is 5.56 Å². The molecule has 6 heteroatoms. The highest BCUT2D eigenvalue weighted by Crippen LogP contribution is 2.55. The highest BCUT2D eigenvalue weighted by Gasteiger charge is 2.68. The molecule has 4 N–H and O–H groups in total. The summed E-state index contributed by atoms with van der Waals surface area (Å²) in [6.07, 6.45) is 0. The van der Waals surface area contributed by atoms with Crippen LogP contribution in [0.3, 0.4) is 0 Å². The molecule has 0 aliphatic heterocycles. The molecule has 4 nitrogen and oxygen atoms in total. The van der Waals surface area contributed by atoms with Crippen LogP contribution >= 0.6 is 11.6 Å². The quantitative estimate of drug-likeness (QED) is 0.893. The lowest BCUT2D eigenvalue weighted by Crippen LogP contribution is -2.39. The fourth-order valence-corrected chi connectivity index (χ4v) is 5.50. The fourth-order valence-electron chi connectivity index (χ4n) is 3.05. The summed E-state index contributed by atoms with van der Waals surface area (Å²) in [5.41, 5.74) is 12.0. The van der Waals surface area contributed by atoms with Crippen molar-refractivity contribution in [2.75, 3.05) is 6.54 Å². The standard InChI is InChI=1S/C16H17ClN2O2S/c17-12-6-8-13(9-7-12)22(20,21)15-14(16(15,19)10-18)11-4-2-1-3-5-11/h1-9,14-15H,10,18-19H2/t14-,15-,16+/m1/s1. The van der Waals surface area contributed by atoms with Gasteiger partial charge in [-0.25, -0.2) is 8.42 Å². The van der Waals surface area contributed by atoms with Crippen molar-refractivity contribution < 1.29 is 8.42 Å². The lowest BCUT2D eigenvalue weighted by molar-refractivity contribution is 0.586. The second-order valence-electron chi connectivity index (χ2n) is 5.62. The van der Waals surface area contributed by atoms with Gasteiger partial charge in [-0.2, -0.15) is 0 Å². The van der Waals surface area contributed by atoms with Gasteiger partial charge in [0, 0.05) is 17.5 Å². The molecule has 3 rings (SSSR count). The number of sulfone groups is 1. The molecule has 3 atom stereocenters. The molecular weight excluding hydrogens is 320 g/mol. The number of nitrogens with two attached hydrogens (primary N) is 2. The number of benzene rings is 2. The highest BCUT2D eigenvalue weighted by atomic mass is 35.5. The lowest BCUT2D eigenvalue weighted by Gasteiger charge is -2.09. The van der Waals surface area contributed by atoms with Gasteiger partial charge in [-0.05, 0) is 29.8 Å². The molecule has 2 aromatic carbocycles. The van der Waals surface area contributed by atoms with Gasteiger partial charge in [0.2, 0.25) is 0 Å². The molecule has 1 saturated carbocycles. The summed E-state index contributed by atoms with van der Waals surface area (Å²) in [7, 11) is -3.56. The van der Waals surface area contributed by atoms with E-state index in [-0.39, 0.29) is 17.4 Å². The Bertz CT molecular complexity index is 778. The first-order valence-corrected chi connectivity index (χ1v) is 8.87. The van der Waals surface area contributed by atoms with Gasteiger partial charge in [0.1, 0.15) is 0 Å². The fraction of sp³-hybridized carbons (Fsp3) is 0.250. The number of hydrogen-bond acceptors (Lipinski definition) is 4. The average molecular weight is 337 g/mol. The summed E-state index contributed by atoms with van der Waals surface area (Å²) < 4.78 is 25.8. The molecule has 1 aliphatic rings. The van der Waals surface area contributed by atoms with Crippen LogP contribution in [0.2, 0.25) is 5.02 Å². The van der Waals surface area contributed by atoms with Crippen LogP contribution in [0, 0.1) is 0 Å². The van der Waals surface area contributed by atoms with Crippen molar-refractivity contribution in [3.8, 4) is 0 Å². The first-order chi connectivity index (χ1) is 10.4. The van der Waals surface area contributed by atoms with Crippen LogP contribution in [0.15, 0.2) is 59.5 Å². The van der Waals surface area contributed by atoms with Crippen LogP contribution in [0.1, 0.15) is 11.5 Å². The smallest absolute Gasteiger partial charge is 0.183 e. The Kier molecular flexibility index (Phi) is 3.77. The summed E-state index contributed by atoms with van der Waals surface area (Å²) in [5.74, 6) is -0.292. The van der Waals surface area contributed by atoms with Crippen LogP contribution in [0.5, 0.6) is 0 Å². The maximum Gasteiger partial charge on any atom is 0.183 e. The van der Waals surface area contributed by atoms with Crippen LogP contribution in [-0.2, 0) is 9.84 Å². The normalized spacial score (nSPS) is 27.6. The second-order valence-corrected chi connectivity index (χ2v) is 8.13. The molecule has 2 aromatic rings. The number of hydrogen-bond donors (Lipinski definition) is 2. The first-order valence-electron chi connectivity index (χ1n) is 6.94. The van der Waals surface area contributed by atoms with Crippen molar-refractivity contribution in [2.24, 2.45) is 11.5 Å². The van der Waals surface area contributed by atoms with E-state index >= 15 is 0 Å². The Morgan fingerprint density at radius 3 is 2.18 bits per heavy atom. The molecule has 116 valence electrons. The molecule has 0 radical (unpaired) electrons. The number of rotatable bonds is 4. The van der Waals surface area contributed by atoms with Gasteiger partial charge in [0.25, 0.3) is 0 Å². The Labute approximate surface area is 135 Å². The van der Waals surface area contributed by atoms with E-state index in [2.05, 4.69) is 0 Å². The summed E-state index contributed by atoms with van der Waals surface area (Å²) in [4.78, 5) is 0.226. The average Bonchev–Trinajstić information content (AvgIpc) is 3.16. The third-order valence-electron chi connectivity index (χ3n) is 4.29. The molecule has 0 heterocycles. The van der Waals surface area contributed by atoms with Crippen molar-refractivity contribution in [1.82, 2.24) is 0 Å². The minimum absolute atomic E-state index is 0.115. The van der Waals surface area contributed by atoms with Crippen LogP contribution in [-0.4, -0.2) is 25.8 Å². The molecule has 0 amide bonds. The van der Waals surface area contributed by atoms with Crippen LogP contribution < -0.4 is 11.5 Å². The van der Waals surface area contributed by atoms with E-state index in [1.807, 2.05) is 30.3 Å².